The molecule has 0 bridgehead atoms. The number of ether oxygens (including phenoxy) is 1. The van der Waals surface area contributed by atoms with Crippen LogP contribution in [0.1, 0.15) is 252 Å². The van der Waals surface area contributed by atoms with Crippen LogP contribution in [-0.4, -0.2) is 46.9 Å². The van der Waals surface area contributed by atoms with Crippen molar-refractivity contribution in [2.45, 2.75) is 270 Å². The lowest BCUT2D eigenvalue weighted by Crippen LogP contribution is -2.46. The first-order chi connectivity index (χ1) is 27.0. The van der Waals surface area contributed by atoms with Crippen molar-refractivity contribution in [1.82, 2.24) is 5.32 Å². The lowest BCUT2D eigenvalue weighted by atomic mass is 10.0. The maximum atomic E-state index is 13.1. The number of amides is 1. The molecule has 55 heavy (non-hydrogen) atoms. The zero-order valence-electron chi connectivity index (χ0n) is 36.8. The van der Waals surface area contributed by atoms with Gasteiger partial charge in [0.15, 0.2) is 0 Å². The number of carbonyl (C=O) groups excluding carboxylic acids is 2. The number of carbonyl (C=O) groups is 2. The van der Waals surface area contributed by atoms with Crippen molar-refractivity contribution in [3.05, 3.63) is 24.3 Å². The number of nitrogens with one attached hydrogen (secondary N) is 1. The third-order valence-corrected chi connectivity index (χ3v) is 11.0. The molecular weight excluding hydrogens is 683 g/mol. The average Bonchev–Trinajstić information content (AvgIpc) is 3.18. The molecule has 0 aliphatic rings. The Balaban J connectivity index is 4.60. The van der Waals surface area contributed by atoms with Crippen LogP contribution in [-0.2, 0) is 14.3 Å². The van der Waals surface area contributed by atoms with Gasteiger partial charge in [-0.3, -0.25) is 9.59 Å². The van der Waals surface area contributed by atoms with Gasteiger partial charge in [-0.2, -0.15) is 0 Å². The lowest BCUT2D eigenvalue weighted by Gasteiger charge is -2.24. The molecule has 3 N–H and O–H groups in total. The van der Waals surface area contributed by atoms with Crippen LogP contribution in [0.4, 0.5) is 0 Å². The van der Waals surface area contributed by atoms with Crippen LogP contribution in [0.2, 0.25) is 0 Å². The summed E-state index contributed by atoms with van der Waals surface area (Å²) in [6.07, 6.45) is 48.0. The minimum atomic E-state index is -0.786. The molecule has 6 heteroatoms. The Bertz CT molecular complexity index is 873. The van der Waals surface area contributed by atoms with Gasteiger partial charge in [0.25, 0.3) is 0 Å². The molecular formula is C49H93NO5. The highest BCUT2D eigenvalue weighted by Crippen LogP contribution is 2.17. The summed E-state index contributed by atoms with van der Waals surface area (Å²) in [5.41, 5.74) is 0. The van der Waals surface area contributed by atoms with E-state index in [1.165, 1.54) is 135 Å². The van der Waals surface area contributed by atoms with Crippen molar-refractivity contribution >= 4 is 11.9 Å². The maximum absolute atomic E-state index is 13.1. The second-order valence-corrected chi connectivity index (χ2v) is 16.5. The van der Waals surface area contributed by atoms with E-state index in [9.17, 15) is 19.8 Å². The summed E-state index contributed by atoms with van der Waals surface area (Å²) in [7, 11) is 0. The molecule has 0 heterocycles. The number of hydrogen-bond acceptors (Lipinski definition) is 5. The minimum absolute atomic E-state index is 0.0718. The van der Waals surface area contributed by atoms with E-state index in [-0.39, 0.29) is 24.9 Å². The van der Waals surface area contributed by atoms with E-state index < -0.39 is 18.2 Å². The topological polar surface area (TPSA) is 95.9 Å². The van der Waals surface area contributed by atoms with Gasteiger partial charge < -0.3 is 20.3 Å². The molecule has 324 valence electrons. The third kappa shape index (κ3) is 39.0. The molecule has 0 aliphatic carbocycles. The number of esters is 1. The zero-order valence-corrected chi connectivity index (χ0v) is 36.8. The highest BCUT2D eigenvalue weighted by Gasteiger charge is 2.24. The molecule has 0 saturated carbocycles. The van der Waals surface area contributed by atoms with Crippen LogP contribution in [0.3, 0.4) is 0 Å². The molecule has 3 unspecified atom stereocenters. The number of allylic oxidation sites excluding steroid dienone is 4. The molecule has 3 atom stereocenters. The molecule has 6 nitrogen and oxygen atoms in total. The van der Waals surface area contributed by atoms with Crippen molar-refractivity contribution in [3.8, 4) is 0 Å². The first-order valence-corrected chi connectivity index (χ1v) is 24.1. The van der Waals surface area contributed by atoms with Gasteiger partial charge in [-0.15, -0.1) is 0 Å². The number of hydrogen-bond donors (Lipinski definition) is 3. The summed E-state index contributed by atoms with van der Waals surface area (Å²) in [5.74, 6) is -0.486. The van der Waals surface area contributed by atoms with Gasteiger partial charge in [0.05, 0.1) is 25.2 Å². The summed E-state index contributed by atoms with van der Waals surface area (Å²) >= 11 is 0. The van der Waals surface area contributed by atoms with Gasteiger partial charge in [0.1, 0.15) is 6.10 Å². The molecule has 0 rings (SSSR count). The zero-order chi connectivity index (χ0) is 40.3. The fourth-order valence-corrected chi connectivity index (χ4v) is 7.30. The van der Waals surface area contributed by atoms with Crippen molar-refractivity contribution < 1.29 is 24.5 Å². The van der Waals surface area contributed by atoms with E-state index in [2.05, 4.69) is 50.4 Å². The third-order valence-electron chi connectivity index (χ3n) is 11.0. The Kier molecular flexibility index (Phi) is 42.2. The Morgan fingerprint density at radius 3 is 1.35 bits per heavy atom. The predicted molar refractivity (Wildman–Crippen MR) is 236 cm³/mol. The molecule has 0 aromatic heterocycles. The summed E-state index contributed by atoms with van der Waals surface area (Å²) in [6.45, 7) is 6.43. The van der Waals surface area contributed by atoms with Crippen molar-refractivity contribution in [3.63, 3.8) is 0 Å². The first kappa shape index (κ1) is 53.3. The summed E-state index contributed by atoms with van der Waals surface area (Å²) in [6, 6.07) is -0.700. The van der Waals surface area contributed by atoms with Gasteiger partial charge >= 0.3 is 5.97 Å². The van der Waals surface area contributed by atoms with Gasteiger partial charge in [-0.1, -0.05) is 186 Å². The summed E-state index contributed by atoms with van der Waals surface area (Å²) < 4.78 is 5.90. The fourth-order valence-electron chi connectivity index (χ4n) is 7.30. The van der Waals surface area contributed by atoms with Gasteiger partial charge in [-0.05, 0) is 77.0 Å². The smallest absolute Gasteiger partial charge is 0.306 e. The molecule has 0 radical (unpaired) electrons. The van der Waals surface area contributed by atoms with Crippen molar-refractivity contribution in [2.24, 2.45) is 0 Å². The lowest BCUT2D eigenvalue weighted by molar-refractivity contribution is -0.151. The molecule has 0 aromatic rings. The first-order valence-electron chi connectivity index (χ1n) is 24.1. The SMILES string of the molecule is CCCCC/C=C\CCCCCCCC(=O)OC(CCCCCCC/C=C\CCCCCC)CC(=O)NC(CO)C(O)CCCCCCCCCCCCC. The van der Waals surface area contributed by atoms with Gasteiger partial charge in [0.2, 0.25) is 5.91 Å². The van der Waals surface area contributed by atoms with E-state index in [0.29, 0.717) is 19.3 Å². The van der Waals surface area contributed by atoms with Crippen molar-refractivity contribution in [1.29, 1.82) is 0 Å². The number of aliphatic hydroxyl groups excluding tert-OH is 2. The van der Waals surface area contributed by atoms with Crippen LogP contribution in [0.15, 0.2) is 24.3 Å². The van der Waals surface area contributed by atoms with E-state index in [1.807, 2.05) is 0 Å². The summed E-state index contributed by atoms with van der Waals surface area (Å²) in [4.78, 5) is 26.0. The van der Waals surface area contributed by atoms with E-state index in [1.54, 1.807) is 0 Å². The second kappa shape index (κ2) is 43.5. The van der Waals surface area contributed by atoms with Crippen LogP contribution < -0.4 is 5.32 Å². The standard InChI is InChI=1S/C49H93NO5/c1-4-7-10-13-16-19-22-24-26-28-31-34-37-40-45(55-49(54)42-39-36-33-30-27-23-20-17-14-11-8-5-2)43-48(53)50-46(44-51)47(52)41-38-35-32-29-25-21-18-15-12-9-6-3/h17,19-20,22,45-47,51-52H,4-16,18,21,23-44H2,1-3H3,(H,50,53)/b20-17-,22-19-. The maximum Gasteiger partial charge on any atom is 0.306 e. The number of unbranched alkanes of at least 4 members (excludes halogenated alkanes) is 27. The van der Waals surface area contributed by atoms with Crippen LogP contribution in [0, 0.1) is 0 Å². The molecule has 0 saturated heterocycles. The molecule has 1 amide bonds. The van der Waals surface area contributed by atoms with E-state index >= 15 is 0 Å². The van der Waals surface area contributed by atoms with Gasteiger partial charge in [0, 0.05) is 6.42 Å². The molecule has 0 aromatic carbocycles. The minimum Gasteiger partial charge on any atom is -0.462 e. The Hall–Kier alpha value is -1.66. The Labute approximate surface area is 341 Å². The van der Waals surface area contributed by atoms with Crippen LogP contribution in [0.5, 0.6) is 0 Å². The highest BCUT2D eigenvalue weighted by atomic mass is 16.5. The average molecular weight is 776 g/mol. The quantitative estimate of drug-likeness (QED) is 0.0326. The largest absolute Gasteiger partial charge is 0.462 e. The predicted octanol–water partition coefficient (Wildman–Crippen LogP) is 14.0. The van der Waals surface area contributed by atoms with Gasteiger partial charge in [-0.25, -0.2) is 0 Å². The monoisotopic (exact) mass is 776 g/mol. The number of aliphatic hydroxyl groups is 2. The molecule has 0 aliphatic heterocycles. The van der Waals surface area contributed by atoms with Crippen LogP contribution >= 0.6 is 0 Å². The normalized spacial score (nSPS) is 13.5. The molecule has 0 spiro atoms. The fraction of sp³-hybridized carbons (Fsp3) is 0.878. The van der Waals surface area contributed by atoms with Crippen molar-refractivity contribution in [2.75, 3.05) is 6.61 Å². The van der Waals surface area contributed by atoms with E-state index in [4.69, 9.17) is 4.74 Å². The Morgan fingerprint density at radius 2 is 0.873 bits per heavy atom. The Morgan fingerprint density at radius 1 is 0.509 bits per heavy atom. The summed E-state index contributed by atoms with van der Waals surface area (Å²) in [5, 5.41) is 23.7. The highest BCUT2D eigenvalue weighted by molar-refractivity contribution is 5.77. The number of rotatable bonds is 43. The van der Waals surface area contributed by atoms with Crippen LogP contribution in [0.25, 0.3) is 0 Å². The molecule has 0 fully saturated rings. The second-order valence-electron chi connectivity index (χ2n) is 16.5. The van der Waals surface area contributed by atoms with E-state index in [0.717, 1.165) is 70.6 Å².